The first-order valence-corrected chi connectivity index (χ1v) is 7.38. The van der Waals surface area contributed by atoms with E-state index in [9.17, 15) is 8.42 Å². The molecule has 0 aliphatic heterocycles. The molecule has 104 valence electrons. The summed E-state index contributed by atoms with van der Waals surface area (Å²) in [4.78, 5) is 0.0526. The molecule has 0 aliphatic carbocycles. The highest BCUT2D eigenvalue weighted by Gasteiger charge is 2.23. The number of sulfone groups is 1. The summed E-state index contributed by atoms with van der Waals surface area (Å²) in [6.07, 6.45) is 1.39. The second-order valence-corrected chi connectivity index (χ2v) is 5.86. The fourth-order valence-corrected chi connectivity index (χ4v) is 2.80. The zero-order valence-corrected chi connectivity index (χ0v) is 12.2. The van der Waals surface area contributed by atoms with Gasteiger partial charge in [-0.25, -0.2) is 8.42 Å². The number of nitrogens with zero attached hydrogens (tertiary/aromatic N) is 3. The Hall–Kier alpha value is -1.96. The average molecular weight is 293 g/mol. The first-order valence-electron chi connectivity index (χ1n) is 5.89. The van der Waals surface area contributed by atoms with Crippen LogP contribution in [-0.2, 0) is 9.84 Å². The minimum Gasteiger partial charge on any atom is -0.497 e. The Morgan fingerprint density at radius 2 is 1.80 bits per heavy atom. The van der Waals surface area contributed by atoms with E-state index in [4.69, 9.17) is 9.47 Å². The first-order chi connectivity index (χ1) is 9.51. The van der Waals surface area contributed by atoms with Crippen LogP contribution in [0.5, 0.6) is 11.5 Å². The van der Waals surface area contributed by atoms with E-state index in [2.05, 4.69) is 10.3 Å². The first kappa shape index (κ1) is 14.4. The number of rotatable bonds is 5. The van der Waals surface area contributed by atoms with Crippen LogP contribution in [0.2, 0.25) is 0 Å². The van der Waals surface area contributed by atoms with Crippen molar-refractivity contribution >= 4 is 24.9 Å². The molecule has 1 heterocycles. The van der Waals surface area contributed by atoms with Gasteiger partial charge in [-0.15, -0.1) is 5.10 Å². The number of aromatic nitrogens is 3. The number of methoxy groups -OCH3 is 2. The molecule has 10 heteroatoms. The van der Waals surface area contributed by atoms with Gasteiger partial charge < -0.3 is 14.1 Å². The van der Waals surface area contributed by atoms with E-state index in [1.807, 2.05) is 7.74 Å². The van der Waals surface area contributed by atoms with Crippen LogP contribution in [0.4, 0.5) is 0 Å². The lowest BCUT2D eigenvalue weighted by Gasteiger charge is -2.07. The maximum Gasteiger partial charge on any atom is 0.227 e. The molecule has 0 atom stereocenters. The normalized spacial score (nSPS) is 11.1. The highest BCUT2D eigenvalue weighted by atomic mass is 32.2. The number of hydrogen-bond donors (Lipinski definition) is 0. The maximum absolute atomic E-state index is 12.5. The lowest BCUT2D eigenvalue weighted by Crippen LogP contribution is -2.06. The smallest absolute Gasteiger partial charge is 0.227 e. The standard InChI is InChI=1S/C10H13B2N3O4S/c1-18-7-3-8(19-2)5-9(4-7)20(16,17)10-6-15(12-11)14-13-10/h3-6,12H,11H2,1-2H3. The Morgan fingerprint density at radius 1 is 1.20 bits per heavy atom. The largest absolute Gasteiger partial charge is 0.497 e. The molecule has 0 radical (unpaired) electrons. The van der Waals surface area contributed by atoms with Gasteiger partial charge in [0.2, 0.25) is 22.2 Å². The predicted molar refractivity (Wildman–Crippen MR) is 76.1 cm³/mol. The molecule has 0 aliphatic rings. The lowest BCUT2D eigenvalue weighted by molar-refractivity contribution is 0.392. The monoisotopic (exact) mass is 293 g/mol. The van der Waals surface area contributed by atoms with E-state index >= 15 is 0 Å². The second-order valence-electron chi connectivity index (χ2n) is 3.96. The van der Waals surface area contributed by atoms with Crippen LogP contribution in [0.25, 0.3) is 0 Å². The summed E-state index contributed by atoms with van der Waals surface area (Å²) in [6.45, 7) is 0. The van der Waals surface area contributed by atoms with Gasteiger partial charge in [-0.05, 0) is 12.1 Å². The van der Waals surface area contributed by atoms with E-state index in [1.54, 1.807) is 6.07 Å². The van der Waals surface area contributed by atoms with Gasteiger partial charge in [0.25, 0.3) is 0 Å². The van der Waals surface area contributed by atoms with Crippen molar-refractivity contribution in [2.24, 2.45) is 0 Å². The Labute approximate surface area is 118 Å². The molecule has 0 saturated heterocycles. The van der Waals surface area contributed by atoms with Crippen LogP contribution in [-0.4, -0.2) is 52.6 Å². The molecule has 0 spiro atoms. The molecular weight excluding hydrogens is 280 g/mol. The summed E-state index contributed by atoms with van der Waals surface area (Å²) in [5, 5.41) is 7.32. The van der Waals surface area contributed by atoms with Gasteiger partial charge in [0.05, 0.1) is 26.9 Å². The lowest BCUT2D eigenvalue weighted by atomic mass is 9.67. The van der Waals surface area contributed by atoms with Crippen molar-refractivity contribution < 1.29 is 17.9 Å². The molecule has 7 nitrogen and oxygen atoms in total. The highest BCUT2D eigenvalue weighted by molar-refractivity contribution is 7.91. The minimum absolute atomic E-state index is 0.0526. The molecule has 0 fully saturated rings. The van der Waals surface area contributed by atoms with Gasteiger partial charge in [-0.2, -0.15) is 0 Å². The van der Waals surface area contributed by atoms with Crippen molar-refractivity contribution in [2.75, 3.05) is 14.2 Å². The molecule has 0 saturated carbocycles. The van der Waals surface area contributed by atoms with E-state index in [0.717, 1.165) is 0 Å². The summed E-state index contributed by atoms with van der Waals surface area (Å²) >= 11 is 0. The summed E-state index contributed by atoms with van der Waals surface area (Å²) in [5.41, 5.74) is 0. The quantitative estimate of drug-likeness (QED) is 0.649. The molecule has 0 unspecified atom stereocenters. The molecule has 0 amide bonds. The Bertz CT molecular complexity index is 695. The molecule has 20 heavy (non-hydrogen) atoms. The number of benzene rings is 1. The van der Waals surface area contributed by atoms with Crippen molar-refractivity contribution in [2.45, 2.75) is 9.92 Å². The molecule has 2 aromatic rings. The van der Waals surface area contributed by atoms with Gasteiger partial charge in [-0.1, -0.05) is 5.21 Å². The average Bonchev–Trinajstić information content (AvgIpc) is 2.96. The second kappa shape index (κ2) is 5.58. The van der Waals surface area contributed by atoms with Crippen molar-refractivity contribution in [1.29, 1.82) is 0 Å². The highest BCUT2D eigenvalue weighted by Crippen LogP contribution is 2.28. The Balaban J connectivity index is 2.53. The van der Waals surface area contributed by atoms with Gasteiger partial charge in [0.1, 0.15) is 11.5 Å². The zero-order valence-electron chi connectivity index (χ0n) is 11.4. The number of hydrogen-bond acceptors (Lipinski definition) is 6. The van der Waals surface area contributed by atoms with Crippen LogP contribution in [0.15, 0.2) is 34.3 Å². The van der Waals surface area contributed by atoms with Crippen LogP contribution in [0.1, 0.15) is 0 Å². The van der Waals surface area contributed by atoms with Crippen LogP contribution < -0.4 is 9.47 Å². The molecule has 2 rings (SSSR count). The SMILES string of the molecule is BBn1cc(S(=O)(=O)c2cc(OC)cc(OC)c2)nn1. The van der Waals surface area contributed by atoms with E-state index in [1.165, 1.54) is 37.1 Å². The third kappa shape index (κ3) is 2.64. The molecule has 1 aromatic heterocycles. The maximum atomic E-state index is 12.5. The Kier molecular flexibility index (Phi) is 4.03. The summed E-state index contributed by atoms with van der Waals surface area (Å²) < 4.78 is 36.5. The van der Waals surface area contributed by atoms with Crippen LogP contribution in [0, 0.1) is 0 Å². The minimum atomic E-state index is -3.75. The van der Waals surface area contributed by atoms with Gasteiger partial charge in [0, 0.05) is 12.3 Å². The van der Waals surface area contributed by atoms with Crippen molar-refractivity contribution in [1.82, 2.24) is 14.9 Å². The van der Waals surface area contributed by atoms with Crippen LogP contribution in [0.3, 0.4) is 0 Å². The van der Waals surface area contributed by atoms with Crippen molar-refractivity contribution in [3.63, 3.8) is 0 Å². The van der Waals surface area contributed by atoms with Gasteiger partial charge in [0.15, 0.2) is 0 Å². The molecular formula is C10H13B2N3O4S. The fraction of sp³-hybridized carbons (Fsp3) is 0.200. The topological polar surface area (TPSA) is 83.3 Å². The summed E-state index contributed by atoms with van der Waals surface area (Å²) in [6, 6.07) is 4.44. The molecule has 0 bridgehead atoms. The third-order valence-corrected chi connectivity index (χ3v) is 4.35. The van der Waals surface area contributed by atoms with Gasteiger partial charge >= 0.3 is 0 Å². The van der Waals surface area contributed by atoms with Crippen LogP contribution >= 0.6 is 0 Å². The van der Waals surface area contributed by atoms with Crippen molar-refractivity contribution in [3.05, 3.63) is 24.4 Å². The van der Waals surface area contributed by atoms with E-state index in [-0.39, 0.29) is 9.92 Å². The van der Waals surface area contributed by atoms with Crippen molar-refractivity contribution in [3.8, 4) is 11.5 Å². The fourth-order valence-electron chi connectivity index (χ4n) is 1.62. The summed E-state index contributed by atoms with van der Waals surface area (Å²) in [5.74, 6) is 0.789. The molecule has 1 aromatic carbocycles. The number of ether oxygens (including phenoxy) is 2. The predicted octanol–water partition coefficient (Wildman–Crippen LogP) is -1.12. The third-order valence-electron chi connectivity index (χ3n) is 2.75. The zero-order chi connectivity index (χ0) is 14.8. The Morgan fingerprint density at radius 3 is 2.25 bits per heavy atom. The summed E-state index contributed by atoms with van der Waals surface area (Å²) in [7, 11) is 1.56. The van der Waals surface area contributed by atoms with E-state index < -0.39 is 9.84 Å². The van der Waals surface area contributed by atoms with Gasteiger partial charge in [-0.3, -0.25) is 0 Å². The molecule has 0 N–H and O–H groups in total. The van der Waals surface area contributed by atoms with E-state index in [0.29, 0.717) is 18.8 Å².